The zero-order chi connectivity index (χ0) is 5.70. The Balaban J connectivity index is 2.82. The van der Waals surface area contributed by atoms with E-state index in [2.05, 4.69) is 0 Å². The van der Waals surface area contributed by atoms with Gasteiger partial charge in [0, 0.05) is 5.75 Å². The highest BCUT2D eigenvalue weighted by atomic mass is 33.3. The fourth-order valence-corrected chi connectivity index (χ4v) is 2.95. The third kappa shape index (κ3) is 6.89. The molecule has 0 saturated carbocycles. The zero-order valence-electron chi connectivity index (χ0n) is 3.88. The molecule has 0 heterocycles. The number of rotatable bonds is 3. The second-order valence-corrected chi connectivity index (χ2v) is 6.02. The van der Waals surface area contributed by atoms with Crippen LogP contribution in [0.3, 0.4) is 0 Å². The van der Waals surface area contributed by atoms with E-state index < -0.39 is 7.23 Å². The van der Waals surface area contributed by atoms with E-state index in [1.54, 1.807) is 0 Å². The van der Waals surface area contributed by atoms with Gasteiger partial charge in [0.2, 0.25) is 0 Å². The highest BCUT2D eigenvalue weighted by Crippen LogP contribution is 2.42. The monoisotopic (exact) mass is 158 g/mol. The molecule has 1 atom stereocenters. The largest absolute Gasteiger partial charge is 0.338 e. The quantitative estimate of drug-likeness (QED) is 0.501. The van der Waals surface area contributed by atoms with Crippen LogP contribution in [-0.2, 0) is 4.57 Å². The fraction of sp³-hybridized carbons (Fsp3) is 1.00. The Labute approximate surface area is 51.1 Å². The summed E-state index contributed by atoms with van der Waals surface area (Å²) in [5.41, 5.74) is 0. The molecule has 1 unspecified atom stereocenters. The van der Waals surface area contributed by atoms with Gasteiger partial charge < -0.3 is 4.89 Å². The molecule has 0 aliphatic carbocycles. The maximum Gasteiger partial charge on any atom is 0.254 e. The van der Waals surface area contributed by atoms with E-state index in [1.807, 2.05) is 6.92 Å². The maximum absolute atomic E-state index is 9.89. The van der Waals surface area contributed by atoms with Crippen molar-refractivity contribution in [2.45, 2.75) is 6.92 Å². The molecule has 0 amide bonds. The van der Waals surface area contributed by atoms with Crippen LogP contribution in [-0.4, -0.2) is 10.6 Å². The fourth-order valence-electron chi connectivity index (χ4n) is 0.109. The van der Waals surface area contributed by atoms with Crippen LogP contribution >= 0.6 is 28.4 Å². The lowest BCUT2D eigenvalue weighted by molar-refractivity contribution is 0.520. The molecule has 0 rings (SSSR count). The molecule has 0 aromatic rings. The Morgan fingerprint density at radius 3 is 2.57 bits per heavy atom. The molecule has 0 aromatic carbocycles. The van der Waals surface area contributed by atoms with E-state index in [9.17, 15) is 4.57 Å². The van der Waals surface area contributed by atoms with E-state index in [1.165, 1.54) is 10.8 Å². The van der Waals surface area contributed by atoms with Crippen LogP contribution in [0.2, 0.25) is 0 Å². The van der Waals surface area contributed by atoms with Crippen molar-refractivity contribution in [2.75, 3.05) is 5.75 Å². The van der Waals surface area contributed by atoms with E-state index in [-0.39, 0.29) is 0 Å². The first-order chi connectivity index (χ1) is 3.27. The first-order valence-electron chi connectivity index (χ1n) is 1.79. The van der Waals surface area contributed by atoms with Gasteiger partial charge in [-0.25, -0.2) is 0 Å². The summed E-state index contributed by atoms with van der Waals surface area (Å²) >= 11 is 0. The summed E-state index contributed by atoms with van der Waals surface area (Å²) < 4.78 is 9.89. The summed E-state index contributed by atoms with van der Waals surface area (Å²) in [6.45, 7) is 1.95. The molecule has 2 nitrogen and oxygen atoms in total. The van der Waals surface area contributed by atoms with Gasteiger partial charge in [-0.2, -0.15) is 0 Å². The van der Waals surface area contributed by atoms with E-state index in [0.29, 0.717) is 0 Å². The highest BCUT2D eigenvalue weighted by Gasteiger charge is 1.88. The SMILES string of the molecule is CCSS[PH](=O)O. The Kier molecular flexibility index (Phi) is 5.68. The van der Waals surface area contributed by atoms with Gasteiger partial charge in [-0.15, -0.1) is 0 Å². The molecule has 0 bridgehead atoms. The van der Waals surface area contributed by atoms with Crippen LogP contribution in [0.4, 0.5) is 0 Å². The van der Waals surface area contributed by atoms with Gasteiger partial charge in [-0.1, -0.05) is 17.7 Å². The minimum atomic E-state index is -2.27. The Hall–Kier alpha value is 0.890. The molecule has 5 heteroatoms. The van der Waals surface area contributed by atoms with Gasteiger partial charge in [0.15, 0.2) is 0 Å². The Bertz CT molecular complexity index is 66.7. The van der Waals surface area contributed by atoms with Gasteiger partial charge >= 0.3 is 0 Å². The van der Waals surface area contributed by atoms with Crippen molar-refractivity contribution >= 4 is 28.4 Å². The molecule has 7 heavy (non-hydrogen) atoms. The first kappa shape index (κ1) is 7.89. The molecule has 1 N–H and O–H groups in total. The van der Waals surface area contributed by atoms with Gasteiger partial charge in [0.05, 0.1) is 0 Å². The lowest BCUT2D eigenvalue weighted by atomic mass is 11.0. The second-order valence-electron chi connectivity index (χ2n) is 0.756. The van der Waals surface area contributed by atoms with Crippen molar-refractivity contribution in [3.63, 3.8) is 0 Å². The van der Waals surface area contributed by atoms with Crippen LogP contribution in [0.1, 0.15) is 6.92 Å². The van der Waals surface area contributed by atoms with Gasteiger partial charge in [-0.3, -0.25) is 4.57 Å². The summed E-state index contributed by atoms with van der Waals surface area (Å²) in [5.74, 6) is 0.891. The molecule has 0 aliphatic heterocycles. The molecule has 44 valence electrons. The van der Waals surface area contributed by atoms with Crippen molar-refractivity contribution in [1.82, 2.24) is 0 Å². The molecular formula is C2H7O2PS2. The van der Waals surface area contributed by atoms with Crippen LogP contribution in [0.5, 0.6) is 0 Å². The first-order valence-corrected chi connectivity index (χ1v) is 6.19. The Morgan fingerprint density at radius 1 is 1.86 bits per heavy atom. The van der Waals surface area contributed by atoms with Gasteiger partial charge in [0.25, 0.3) is 7.23 Å². The number of hydrogen-bond donors (Lipinski definition) is 1. The smallest absolute Gasteiger partial charge is 0.254 e. The molecular weight excluding hydrogens is 151 g/mol. The molecule has 0 saturated heterocycles. The van der Waals surface area contributed by atoms with Crippen LogP contribution in [0, 0.1) is 0 Å². The van der Waals surface area contributed by atoms with Crippen LogP contribution < -0.4 is 0 Å². The average Bonchev–Trinajstić information content (AvgIpc) is 1.61. The third-order valence-electron chi connectivity index (χ3n) is 0.248. The van der Waals surface area contributed by atoms with Crippen molar-refractivity contribution in [3.05, 3.63) is 0 Å². The second kappa shape index (κ2) is 5.04. The van der Waals surface area contributed by atoms with E-state index >= 15 is 0 Å². The molecule has 0 spiro atoms. The van der Waals surface area contributed by atoms with E-state index in [0.717, 1.165) is 16.2 Å². The summed E-state index contributed by atoms with van der Waals surface area (Å²) in [7, 11) is 0.198. The van der Waals surface area contributed by atoms with E-state index in [4.69, 9.17) is 4.89 Å². The zero-order valence-corrected chi connectivity index (χ0v) is 6.51. The van der Waals surface area contributed by atoms with Gasteiger partial charge in [-0.05, 0) is 10.4 Å². The minimum absolute atomic E-state index is 0.891. The van der Waals surface area contributed by atoms with Crippen molar-refractivity contribution in [2.24, 2.45) is 0 Å². The standard InChI is InChI=1S/C2H7O2PS2/c1-2-6-7-5(3)4/h5H,2H2,1H3,(H,3,4). The predicted octanol–water partition coefficient (Wildman–Crippen LogP) is 1.77. The predicted molar refractivity (Wildman–Crippen MR) is 36.9 cm³/mol. The normalized spacial score (nSPS) is 14.0. The summed E-state index contributed by atoms with van der Waals surface area (Å²) in [4.78, 5) is 8.17. The third-order valence-corrected chi connectivity index (χ3v) is 4.58. The van der Waals surface area contributed by atoms with Crippen LogP contribution in [0.15, 0.2) is 0 Å². The topological polar surface area (TPSA) is 37.3 Å². The average molecular weight is 158 g/mol. The molecule has 0 fully saturated rings. The molecule has 0 radical (unpaired) electrons. The Morgan fingerprint density at radius 2 is 2.43 bits per heavy atom. The summed E-state index contributed by atoms with van der Waals surface area (Å²) in [6.07, 6.45) is 0. The lowest BCUT2D eigenvalue weighted by Gasteiger charge is -1.86. The molecule has 0 aromatic heterocycles. The highest BCUT2D eigenvalue weighted by molar-refractivity contribution is 8.96. The number of hydrogen-bond acceptors (Lipinski definition) is 3. The van der Waals surface area contributed by atoms with Crippen molar-refractivity contribution < 1.29 is 9.46 Å². The summed E-state index contributed by atoms with van der Waals surface area (Å²) in [5, 5.41) is 0. The summed E-state index contributed by atoms with van der Waals surface area (Å²) in [6, 6.07) is 0. The molecule has 0 aliphatic rings. The maximum atomic E-state index is 9.89. The lowest BCUT2D eigenvalue weighted by Crippen LogP contribution is -1.51. The minimum Gasteiger partial charge on any atom is -0.338 e. The van der Waals surface area contributed by atoms with Crippen molar-refractivity contribution in [1.29, 1.82) is 0 Å². The van der Waals surface area contributed by atoms with Crippen molar-refractivity contribution in [3.8, 4) is 0 Å². The van der Waals surface area contributed by atoms with Crippen LogP contribution in [0.25, 0.3) is 0 Å². The van der Waals surface area contributed by atoms with Gasteiger partial charge in [0.1, 0.15) is 0 Å².